The van der Waals surface area contributed by atoms with Crippen LogP contribution in [0.2, 0.25) is 0 Å². The number of fused-ring (bicyclic) bond motifs is 1. The van der Waals surface area contributed by atoms with Crippen LogP contribution >= 0.6 is 11.3 Å². The maximum Gasteiger partial charge on any atom is 0.573 e. The van der Waals surface area contributed by atoms with Gasteiger partial charge in [0.25, 0.3) is 0 Å². The minimum absolute atomic E-state index is 0.0150. The number of hydrogen-bond donors (Lipinski definition) is 3. The number of alkyl halides is 6. The second-order valence-corrected chi connectivity index (χ2v) is 13.8. The van der Waals surface area contributed by atoms with E-state index in [0.29, 0.717) is 22.5 Å². The molecule has 57 heavy (non-hydrogen) atoms. The fourth-order valence-electron chi connectivity index (χ4n) is 5.32. The third kappa shape index (κ3) is 12.6. The van der Waals surface area contributed by atoms with Crippen molar-refractivity contribution >= 4 is 45.9 Å². The topological polar surface area (TPSA) is 180 Å². The summed E-state index contributed by atoms with van der Waals surface area (Å²) in [5, 5.41) is 21.4. The minimum Gasteiger partial charge on any atom is -0.542 e. The summed E-state index contributed by atoms with van der Waals surface area (Å²) in [5.41, 5.74) is 8.21. The molecule has 5 rings (SSSR count). The van der Waals surface area contributed by atoms with Gasteiger partial charge in [-0.1, -0.05) is 35.6 Å². The summed E-state index contributed by atoms with van der Waals surface area (Å²) in [6.07, 6.45) is -6.70. The molecule has 20 heteroatoms. The molecule has 0 radical (unpaired) electrons. The molecule has 304 valence electrons. The van der Waals surface area contributed by atoms with Crippen molar-refractivity contribution in [3.63, 3.8) is 0 Å². The van der Waals surface area contributed by atoms with Crippen molar-refractivity contribution in [2.75, 3.05) is 5.32 Å². The lowest BCUT2D eigenvalue weighted by Crippen LogP contribution is -2.50. The maximum absolute atomic E-state index is 14.1. The van der Waals surface area contributed by atoms with Crippen molar-refractivity contribution < 1.29 is 69.6 Å². The summed E-state index contributed by atoms with van der Waals surface area (Å²) in [6, 6.07) is 16.0. The van der Waals surface area contributed by atoms with Gasteiger partial charge in [0.1, 0.15) is 42.4 Å². The molecule has 2 aromatic heterocycles. The highest BCUT2D eigenvalue weighted by molar-refractivity contribution is 7.16. The Morgan fingerprint density at radius 1 is 0.965 bits per heavy atom. The van der Waals surface area contributed by atoms with E-state index in [1.165, 1.54) is 70.8 Å². The Morgan fingerprint density at radius 3 is 2.16 bits per heavy atom. The van der Waals surface area contributed by atoms with E-state index in [9.17, 15) is 45.8 Å². The van der Waals surface area contributed by atoms with Gasteiger partial charge in [-0.05, 0) is 80.4 Å². The van der Waals surface area contributed by atoms with E-state index in [0.717, 1.165) is 9.84 Å². The molecule has 13 nitrogen and oxygen atoms in total. The summed E-state index contributed by atoms with van der Waals surface area (Å²) < 4.78 is 83.5. The molecule has 0 bridgehead atoms. The van der Waals surface area contributed by atoms with Crippen LogP contribution in [-0.2, 0) is 33.8 Å². The number of carboxylic acids is 1. The molecule has 0 fully saturated rings. The SMILES string of the molecule is Cc1c[n+]2cc(CN(C(=O)Nc3ccc(C(=O)OC(C)C)cc3)[C@@H](Cc3ccc(O)cc3)C(N)=O)n(Cc3cccc(OC(F)(F)F)c3)c2s1.O=C([O-])C(F)(F)F. The van der Waals surface area contributed by atoms with E-state index in [1.807, 2.05) is 22.1 Å². The number of carboxylic acid groups (broad SMARTS) is 1. The number of aliphatic carboxylic acids is 1. The van der Waals surface area contributed by atoms with Gasteiger partial charge >= 0.3 is 29.5 Å². The number of amides is 3. The van der Waals surface area contributed by atoms with Crippen LogP contribution in [0.4, 0.5) is 36.8 Å². The lowest BCUT2D eigenvalue weighted by molar-refractivity contribution is -0.506. The van der Waals surface area contributed by atoms with E-state index in [4.69, 9.17) is 20.4 Å². The number of halogens is 6. The number of nitrogens with two attached hydrogens (primary N) is 1. The zero-order valence-corrected chi connectivity index (χ0v) is 31.1. The van der Waals surface area contributed by atoms with E-state index in [1.54, 1.807) is 38.2 Å². The average molecular weight is 824 g/mol. The summed E-state index contributed by atoms with van der Waals surface area (Å²) in [6.45, 7) is 5.35. The number of thiazole rings is 1. The van der Waals surface area contributed by atoms with Crippen LogP contribution in [0, 0.1) is 6.92 Å². The molecule has 0 spiro atoms. The summed E-state index contributed by atoms with van der Waals surface area (Å²) >= 11 is 1.44. The number of urea groups is 1. The van der Waals surface area contributed by atoms with Gasteiger partial charge in [0.2, 0.25) is 5.91 Å². The first-order chi connectivity index (χ1) is 26.6. The Hall–Kier alpha value is -6.31. The van der Waals surface area contributed by atoms with Crippen LogP contribution in [0.3, 0.4) is 0 Å². The second kappa shape index (κ2) is 18.1. The zero-order chi connectivity index (χ0) is 42.2. The molecule has 0 aliphatic heterocycles. The van der Waals surface area contributed by atoms with Gasteiger partial charge in [-0.15, -0.1) is 13.2 Å². The van der Waals surface area contributed by atoms with Gasteiger partial charge in [-0.3, -0.25) is 4.79 Å². The van der Waals surface area contributed by atoms with Gasteiger partial charge in [-0.2, -0.15) is 17.6 Å². The Morgan fingerprint density at radius 2 is 1.60 bits per heavy atom. The molecule has 5 aromatic rings. The molecule has 0 aliphatic rings. The van der Waals surface area contributed by atoms with Gasteiger partial charge in [0.05, 0.1) is 18.2 Å². The van der Waals surface area contributed by atoms with Crippen LogP contribution in [0.1, 0.15) is 45.9 Å². The number of benzene rings is 3. The number of aromatic hydroxyl groups is 1. The summed E-state index contributed by atoms with van der Waals surface area (Å²) in [4.78, 5) is 51.2. The molecule has 0 aliphatic carbocycles. The molecule has 0 saturated carbocycles. The number of hydrogen-bond acceptors (Lipinski definition) is 9. The van der Waals surface area contributed by atoms with E-state index < -0.39 is 42.5 Å². The minimum atomic E-state index is -5.19. The molecule has 2 heterocycles. The fraction of sp³-hybridized carbons (Fsp3) is 0.270. The Labute approximate surface area is 324 Å². The first kappa shape index (κ1) is 43.4. The number of imidazole rings is 1. The van der Waals surface area contributed by atoms with Crippen molar-refractivity contribution in [1.29, 1.82) is 0 Å². The maximum atomic E-state index is 14.1. The normalized spacial score (nSPS) is 12.0. The number of phenolic OH excluding ortho intramolecular Hbond substituents is 1. The van der Waals surface area contributed by atoms with Crippen molar-refractivity contribution in [3.05, 3.63) is 112 Å². The van der Waals surface area contributed by atoms with Crippen molar-refractivity contribution in [2.24, 2.45) is 5.73 Å². The predicted molar refractivity (Wildman–Crippen MR) is 190 cm³/mol. The number of ether oxygens (including phenoxy) is 2. The van der Waals surface area contributed by atoms with Crippen molar-refractivity contribution in [2.45, 2.75) is 65.0 Å². The van der Waals surface area contributed by atoms with Crippen molar-refractivity contribution in [1.82, 2.24) is 9.47 Å². The number of nitrogens with zero attached hydrogens (tertiary/aromatic N) is 3. The number of nitrogens with one attached hydrogen (secondary N) is 1. The number of aromatic nitrogens is 2. The number of primary amides is 1. The van der Waals surface area contributed by atoms with Crippen molar-refractivity contribution in [3.8, 4) is 11.5 Å². The Bertz CT molecular complexity index is 2200. The van der Waals surface area contributed by atoms with Crippen LogP contribution in [-0.4, -0.2) is 63.1 Å². The number of carbonyl (C=O) groups is 4. The predicted octanol–water partition coefficient (Wildman–Crippen LogP) is 5.24. The van der Waals surface area contributed by atoms with E-state index >= 15 is 0 Å². The zero-order valence-electron chi connectivity index (χ0n) is 30.3. The molecule has 1 atom stereocenters. The monoisotopic (exact) mass is 823 g/mol. The third-order valence-electron chi connectivity index (χ3n) is 7.74. The van der Waals surface area contributed by atoms with Crippen LogP contribution in [0.5, 0.6) is 11.5 Å². The Balaban J connectivity index is 0.000000940. The number of anilines is 1. The largest absolute Gasteiger partial charge is 0.573 e. The average Bonchev–Trinajstić information content (AvgIpc) is 3.61. The van der Waals surface area contributed by atoms with Crippen LogP contribution in [0.15, 0.2) is 85.2 Å². The standard InChI is InChI=1S/C35H34F3N5O6S.C2HF3O2/c1-21(2)48-32(46)25-9-11-26(12-10-25)40-33(47)43(30(31(39)45)16-23-7-13-28(44)14-8-23)20-27-19-41-17-22(3)50-34(41)42(27)18-24-5-4-6-29(15-24)49-35(36,37)38;3-2(4,5)1(6)7/h4-15,17,19,21,30H,16,18,20H2,1-3H3,(H3-,39,40,44,45,46,47);(H,6,7)/t30-;/m0./s1. The molecular weight excluding hydrogens is 788 g/mol. The number of esters is 1. The van der Waals surface area contributed by atoms with Gasteiger partial charge < -0.3 is 40.4 Å². The highest BCUT2D eigenvalue weighted by Gasteiger charge is 2.34. The highest BCUT2D eigenvalue weighted by atomic mass is 32.1. The first-order valence-corrected chi connectivity index (χ1v) is 17.5. The van der Waals surface area contributed by atoms with E-state index in [2.05, 4.69) is 10.1 Å². The summed E-state index contributed by atoms with van der Waals surface area (Å²) in [5.74, 6) is -4.67. The number of carbonyl (C=O) groups excluding carboxylic acids is 4. The molecule has 0 unspecified atom stereocenters. The van der Waals surface area contributed by atoms with Crippen LogP contribution < -0.4 is 25.3 Å². The van der Waals surface area contributed by atoms with Gasteiger partial charge in [0, 0.05) is 17.0 Å². The number of rotatable bonds is 12. The number of aryl methyl sites for hydroxylation is 1. The molecule has 3 amide bonds. The lowest BCUT2D eigenvalue weighted by atomic mass is 10.0. The second-order valence-electron chi connectivity index (χ2n) is 12.6. The first-order valence-electron chi connectivity index (χ1n) is 16.7. The summed E-state index contributed by atoms with van der Waals surface area (Å²) in [7, 11) is 0. The third-order valence-corrected chi connectivity index (χ3v) is 8.78. The molecule has 0 saturated heterocycles. The van der Waals surface area contributed by atoms with Crippen LogP contribution in [0.25, 0.3) is 4.96 Å². The van der Waals surface area contributed by atoms with Gasteiger partial charge in [-0.25, -0.2) is 14.2 Å². The molecular formula is C37H35F6N5O8S. The molecule has 4 N–H and O–H groups in total. The highest BCUT2D eigenvalue weighted by Crippen LogP contribution is 2.26. The lowest BCUT2D eigenvalue weighted by Gasteiger charge is -2.29. The van der Waals surface area contributed by atoms with E-state index in [-0.39, 0.29) is 42.7 Å². The van der Waals surface area contributed by atoms with Gasteiger partial charge in [0.15, 0.2) is 5.69 Å². The molecule has 3 aromatic carbocycles. The quantitative estimate of drug-likeness (QED) is 0.0868. The smallest absolute Gasteiger partial charge is 0.542 e. The Kier molecular flexibility index (Phi) is 13.8. The fourth-order valence-corrected chi connectivity index (χ4v) is 6.27. The number of phenols is 1.